The number of hydrogen-bond donors (Lipinski definition) is 4. The summed E-state index contributed by atoms with van der Waals surface area (Å²) in [5.41, 5.74) is 0.148. The molecule has 2 aromatic carbocycles. The molecule has 0 spiro atoms. The number of carbonyl (C=O) groups excluding carboxylic acids is 1. The minimum atomic E-state index is -0.848. The monoisotopic (exact) mass is 298 g/mol. The highest BCUT2D eigenvalue weighted by atomic mass is 16.3. The van der Waals surface area contributed by atoms with E-state index in [1.807, 2.05) is 42.5 Å². The van der Waals surface area contributed by atoms with Crippen molar-refractivity contribution in [1.82, 2.24) is 20.5 Å². The number of hydrogen-bond acceptors (Lipinski definition) is 4. The number of H-pyrrole nitrogens is 2. The van der Waals surface area contributed by atoms with E-state index in [0.29, 0.717) is 5.56 Å². The van der Waals surface area contributed by atoms with Gasteiger partial charge in [0.25, 0.3) is 5.91 Å². The molecule has 22 heavy (non-hydrogen) atoms. The maximum absolute atomic E-state index is 11.7. The van der Waals surface area contributed by atoms with Gasteiger partial charge in [-0.15, -0.1) is 5.10 Å². The highest BCUT2D eigenvalue weighted by molar-refractivity contribution is 5.90. The lowest BCUT2D eigenvalue weighted by atomic mass is 10.0. The summed E-state index contributed by atoms with van der Waals surface area (Å²) in [6.07, 6.45) is -0.848. The lowest BCUT2D eigenvalue weighted by molar-refractivity contribution is 0.0906. The molecule has 0 fully saturated rings. The molecular weight excluding hydrogens is 284 g/mol. The van der Waals surface area contributed by atoms with Gasteiger partial charge in [0.1, 0.15) is 0 Å². The van der Waals surface area contributed by atoms with Crippen LogP contribution < -0.4 is 11.0 Å². The Morgan fingerprint density at radius 3 is 2.73 bits per heavy atom. The molecular formula is C15H14N4O3. The molecule has 4 N–H and O–H groups in total. The summed E-state index contributed by atoms with van der Waals surface area (Å²) in [5, 5.41) is 20.4. The summed E-state index contributed by atoms with van der Waals surface area (Å²) in [6, 6.07) is 13.4. The molecule has 0 radical (unpaired) electrons. The summed E-state index contributed by atoms with van der Waals surface area (Å²) in [5.74, 6) is -0.672. The SMILES string of the molecule is O=C(NCC(O)c1ccc2ccccc2c1)c1n[nH]c(=O)[nH]1. The van der Waals surface area contributed by atoms with Crippen LogP contribution in [0.1, 0.15) is 22.3 Å². The Kier molecular flexibility index (Phi) is 3.71. The van der Waals surface area contributed by atoms with Gasteiger partial charge in [-0.3, -0.25) is 9.78 Å². The van der Waals surface area contributed by atoms with Crippen molar-refractivity contribution in [2.75, 3.05) is 6.54 Å². The van der Waals surface area contributed by atoms with Crippen LogP contribution in [-0.4, -0.2) is 32.7 Å². The first kappa shape index (κ1) is 14.0. The van der Waals surface area contributed by atoms with Gasteiger partial charge in [0.05, 0.1) is 6.10 Å². The number of fused-ring (bicyclic) bond motifs is 1. The van der Waals surface area contributed by atoms with Crippen molar-refractivity contribution in [2.24, 2.45) is 0 Å². The second-order valence-corrected chi connectivity index (χ2v) is 4.86. The minimum absolute atomic E-state index is 0.0199. The number of aliphatic hydroxyl groups excluding tert-OH is 1. The Hall–Kier alpha value is -2.93. The highest BCUT2D eigenvalue weighted by Gasteiger charge is 2.13. The number of nitrogens with one attached hydrogen (secondary N) is 3. The van der Waals surface area contributed by atoms with E-state index in [4.69, 9.17) is 0 Å². The Bertz CT molecular complexity index is 868. The zero-order chi connectivity index (χ0) is 15.5. The number of aromatic nitrogens is 3. The van der Waals surface area contributed by atoms with Gasteiger partial charge in [-0.25, -0.2) is 9.89 Å². The Balaban J connectivity index is 1.69. The predicted octanol–water partition coefficient (Wildman–Crippen LogP) is 0.715. The molecule has 0 bridgehead atoms. The molecule has 7 nitrogen and oxygen atoms in total. The van der Waals surface area contributed by atoms with E-state index in [-0.39, 0.29) is 12.4 Å². The fourth-order valence-electron chi connectivity index (χ4n) is 2.18. The smallest absolute Gasteiger partial charge is 0.341 e. The fraction of sp³-hybridized carbons (Fsp3) is 0.133. The van der Waals surface area contributed by atoms with E-state index in [1.165, 1.54) is 0 Å². The molecule has 0 saturated heterocycles. The Morgan fingerprint density at radius 2 is 2.00 bits per heavy atom. The van der Waals surface area contributed by atoms with E-state index < -0.39 is 17.7 Å². The van der Waals surface area contributed by atoms with E-state index in [0.717, 1.165) is 10.8 Å². The van der Waals surface area contributed by atoms with Gasteiger partial charge in [-0.05, 0) is 22.4 Å². The van der Waals surface area contributed by atoms with Gasteiger partial charge >= 0.3 is 5.69 Å². The maximum atomic E-state index is 11.7. The third-order valence-corrected chi connectivity index (χ3v) is 3.33. The van der Waals surface area contributed by atoms with Gasteiger partial charge in [-0.1, -0.05) is 36.4 Å². The molecule has 3 rings (SSSR count). The minimum Gasteiger partial charge on any atom is -0.387 e. The standard InChI is InChI=1S/C15H14N4O3/c20-12(8-16-14(21)13-17-15(22)19-18-13)11-6-5-9-3-1-2-4-10(9)7-11/h1-7,12,20H,8H2,(H,16,21)(H2,17,18,19,22). The largest absolute Gasteiger partial charge is 0.387 e. The average Bonchev–Trinajstić information content (AvgIpc) is 2.98. The average molecular weight is 298 g/mol. The van der Waals surface area contributed by atoms with Gasteiger partial charge in [0.15, 0.2) is 0 Å². The predicted molar refractivity (Wildman–Crippen MR) is 80.4 cm³/mol. The quantitative estimate of drug-likeness (QED) is 0.568. The number of amides is 1. The zero-order valence-corrected chi connectivity index (χ0v) is 11.5. The fourth-order valence-corrected chi connectivity index (χ4v) is 2.18. The molecule has 112 valence electrons. The Morgan fingerprint density at radius 1 is 1.23 bits per heavy atom. The van der Waals surface area contributed by atoms with Gasteiger partial charge in [0.2, 0.25) is 5.82 Å². The number of aromatic amines is 2. The molecule has 1 amide bonds. The zero-order valence-electron chi connectivity index (χ0n) is 11.5. The van der Waals surface area contributed by atoms with E-state index in [9.17, 15) is 14.7 Å². The van der Waals surface area contributed by atoms with E-state index >= 15 is 0 Å². The van der Waals surface area contributed by atoms with Crippen LogP contribution in [-0.2, 0) is 0 Å². The highest BCUT2D eigenvalue weighted by Crippen LogP contribution is 2.20. The number of carbonyl (C=O) groups is 1. The van der Waals surface area contributed by atoms with Crippen LogP contribution in [0.25, 0.3) is 10.8 Å². The molecule has 0 saturated carbocycles. The second kappa shape index (κ2) is 5.82. The van der Waals surface area contributed by atoms with Crippen LogP contribution in [0.2, 0.25) is 0 Å². The summed E-state index contributed by atoms with van der Waals surface area (Å²) >= 11 is 0. The molecule has 1 unspecified atom stereocenters. The molecule has 7 heteroatoms. The van der Waals surface area contributed by atoms with Crippen LogP contribution in [0.3, 0.4) is 0 Å². The molecule has 0 aliphatic carbocycles. The lowest BCUT2D eigenvalue weighted by Crippen LogP contribution is -2.29. The summed E-state index contributed by atoms with van der Waals surface area (Å²) in [7, 11) is 0. The first-order valence-electron chi connectivity index (χ1n) is 6.73. The van der Waals surface area contributed by atoms with Crippen molar-refractivity contribution >= 4 is 16.7 Å². The number of nitrogens with zero attached hydrogens (tertiary/aromatic N) is 1. The van der Waals surface area contributed by atoms with Crippen LogP contribution in [0.5, 0.6) is 0 Å². The first-order chi connectivity index (χ1) is 10.6. The molecule has 0 aliphatic rings. The van der Waals surface area contributed by atoms with Crippen LogP contribution in [0.15, 0.2) is 47.3 Å². The van der Waals surface area contributed by atoms with Gasteiger partial charge in [0, 0.05) is 6.54 Å². The molecule has 0 aliphatic heterocycles. The van der Waals surface area contributed by atoms with E-state index in [1.54, 1.807) is 0 Å². The normalized spacial score (nSPS) is 12.2. The van der Waals surface area contributed by atoms with Crippen molar-refractivity contribution < 1.29 is 9.90 Å². The topological polar surface area (TPSA) is 111 Å². The maximum Gasteiger partial charge on any atom is 0.341 e. The van der Waals surface area contributed by atoms with Gasteiger partial charge < -0.3 is 10.4 Å². The van der Waals surface area contributed by atoms with Crippen molar-refractivity contribution in [3.8, 4) is 0 Å². The lowest BCUT2D eigenvalue weighted by Gasteiger charge is -2.12. The molecule has 1 heterocycles. The van der Waals surface area contributed by atoms with Crippen molar-refractivity contribution in [1.29, 1.82) is 0 Å². The molecule has 1 atom stereocenters. The van der Waals surface area contributed by atoms with Crippen molar-refractivity contribution in [3.05, 3.63) is 64.3 Å². The number of benzene rings is 2. The van der Waals surface area contributed by atoms with Gasteiger partial charge in [-0.2, -0.15) is 0 Å². The summed E-state index contributed by atoms with van der Waals surface area (Å²) in [4.78, 5) is 24.9. The van der Waals surface area contributed by atoms with Crippen LogP contribution in [0, 0.1) is 0 Å². The summed E-state index contributed by atoms with van der Waals surface area (Å²) in [6.45, 7) is 0.0199. The third kappa shape index (κ3) is 2.89. The third-order valence-electron chi connectivity index (χ3n) is 3.33. The molecule has 1 aromatic heterocycles. The van der Waals surface area contributed by atoms with Crippen LogP contribution in [0.4, 0.5) is 0 Å². The van der Waals surface area contributed by atoms with Crippen LogP contribution >= 0.6 is 0 Å². The van der Waals surface area contributed by atoms with E-state index in [2.05, 4.69) is 20.5 Å². The number of rotatable bonds is 4. The number of aliphatic hydroxyl groups is 1. The van der Waals surface area contributed by atoms with Crippen molar-refractivity contribution in [3.63, 3.8) is 0 Å². The Labute approximate surface area is 125 Å². The molecule has 3 aromatic rings. The van der Waals surface area contributed by atoms with Crippen molar-refractivity contribution in [2.45, 2.75) is 6.10 Å². The second-order valence-electron chi connectivity index (χ2n) is 4.86. The first-order valence-corrected chi connectivity index (χ1v) is 6.73. The summed E-state index contributed by atoms with van der Waals surface area (Å²) < 4.78 is 0.